The van der Waals surface area contributed by atoms with Crippen molar-refractivity contribution in [2.45, 2.75) is 12.7 Å². The topological polar surface area (TPSA) is 67.4 Å². The van der Waals surface area contributed by atoms with Crippen molar-refractivity contribution in [1.29, 1.82) is 0 Å². The zero-order chi connectivity index (χ0) is 22.9. The zero-order valence-corrected chi connectivity index (χ0v) is 17.3. The number of nitrogens with one attached hydrogen (secondary N) is 2. The highest BCUT2D eigenvalue weighted by atomic mass is 19.3. The molecule has 0 radical (unpaired) electrons. The minimum atomic E-state index is -2.90. The normalized spacial score (nSPS) is 11.9. The molecule has 3 aromatic rings. The van der Waals surface area contributed by atoms with Gasteiger partial charge in [0.25, 0.3) is 5.91 Å². The molecule has 0 aliphatic heterocycles. The van der Waals surface area contributed by atoms with Gasteiger partial charge in [-0.25, -0.2) is 0 Å². The minimum absolute atomic E-state index is 0.0435. The lowest BCUT2D eigenvalue weighted by molar-refractivity contribution is -0.116. The van der Waals surface area contributed by atoms with Gasteiger partial charge in [-0.1, -0.05) is 54.6 Å². The van der Waals surface area contributed by atoms with Crippen molar-refractivity contribution in [3.63, 3.8) is 0 Å². The van der Waals surface area contributed by atoms with Crippen LogP contribution in [-0.4, -0.2) is 25.5 Å². The Morgan fingerprint density at radius 1 is 0.875 bits per heavy atom. The Bertz CT molecular complexity index is 1070. The van der Waals surface area contributed by atoms with E-state index in [1.807, 2.05) is 30.3 Å². The number of benzene rings is 3. The lowest BCUT2D eigenvalue weighted by Gasteiger charge is -2.19. The summed E-state index contributed by atoms with van der Waals surface area (Å²) in [5.41, 5.74) is 2.84. The third kappa shape index (κ3) is 6.25. The van der Waals surface area contributed by atoms with Gasteiger partial charge in [0.05, 0.1) is 6.04 Å². The first kappa shape index (κ1) is 22.7. The van der Waals surface area contributed by atoms with Crippen LogP contribution in [0.1, 0.15) is 33.1 Å². The Hall–Kier alpha value is -4.00. The van der Waals surface area contributed by atoms with Crippen LogP contribution < -0.4 is 15.4 Å². The molecular formula is C25H22F2N2O3. The van der Waals surface area contributed by atoms with Gasteiger partial charge in [0.15, 0.2) is 0 Å². The number of carbonyl (C=O) groups excluding carboxylic acids is 2. The molecule has 0 bridgehead atoms. The number of amides is 2. The van der Waals surface area contributed by atoms with E-state index < -0.39 is 12.7 Å². The Balaban J connectivity index is 1.75. The molecule has 32 heavy (non-hydrogen) atoms. The average Bonchev–Trinajstić information content (AvgIpc) is 2.82. The molecule has 3 aromatic carbocycles. The van der Waals surface area contributed by atoms with Crippen LogP contribution in [0.25, 0.3) is 6.08 Å². The highest BCUT2D eigenvalue weighted by molar-refractivity contribution is 5.95. The second-order valence-corrected chi connectivity index (χ2v) is 6.83. The van der Waals surface area contributed by atoms with Crippen LogP contribution in [-0.2, 0) is 4.79 Å². The lowest BCUT2D eigenvalue weighted by Crippen LogP contribution is -2.27. The Morgan fingerprint density at radius 2 is 1.50 bits per heavy atom. The van der Waals surface area contributed by atoms with E-state index in [0.29, 0.717) is 5.56 Å². The number of hydrogen-bond acceptors (Lipinski definition) is 3. The fourth-order valence-corrected chi connectivity index (χ4v) is 3.10. The lowest BCUT2D eigenvalue weighted by atomic mass is 9.98. The third-order valence-corrected chi connectivity index (χ3v) is 4.69. The molecule has 2 N–H and O–H groups in total. The molecule has 0 saturated carbocycles. The van der Waals surface area contributed by atoms with E-state index in [0.717, 1.165) is 16.7 Å². The maximum atomic E-state index is 12.6. The predicted molar refractivity (Wildman–Crippen MR) is 118 cm³/mol. The molecule has 0 aliphatic rings. The Kier molecular flexibility index (Phi) is 7.70. The molecule has 7 heteroatoms. The molecule has 0 fully saturated rings. The summed E-state index contributed by atoms with van der Waals surface area (Å²) in [5, 5.41) is 5.49. The molecule has 0 unspecified atom stereocenters. The standard InChI is InChI=1S/C25H22F2N2O3/c1-28-24(31)20-10-7-17(8-11-20)9-16-22(30)29-23(18-5-3-2-4-6-18)19-12-14-21(15-13-19)32-25(26)27/h2-16,23,25H,1H3,(H,28,31)(H,29,30)/b16-9-/t23-/m0/s1. The van der Waals surface area contributed by atoms with E-state index >= 15 is 0 Å². The molecule has 0 heterocycles. The average molecular weight is 436 g/mol. The fourth-order valence-electron chi connectivity index (χ4n) is 3.10. The van der Waals surface area contributed by atoms with Gasteiger partial charge in [-0.15, -0.1) is 0 Å². The van der Waals surface area contributed by atoms with E-state index in [4.69, 9.17) is 0 Å². The van der Waals surface area contributed by atoms with Crippen LogP contribution in [0.5, 0.6) is 5.75 Å². The first-order valence-electron chi connectivity index (χ1n) is 9.86. The molecule has 2 amide bonds. The molecule has 0 aromatic heterocycles. The number of carbonyl (C=O) groups is 2. The van der Waals surface area contributed by atoms with Gasteiger partial charge in [0, 0.05) is 18.7 Å². The highest BCUT2D eigenvalue weighted by Crippen LogP contribution is 2.25. The van der Waals surface area contributed by atoms with Gasteiger partial charge in [0.1, 0.15) is 5.75 Å². The maximum absolute atomic E-state index is 12.6. The molecule has 0 saturated heterocycles. The molecule has 164 valence electrons. The summed E-state index contributed by atoms with van der Waals surface area (Å²) in [5.74, 6) is -0.474. The predicted octanol–water partition coefficient (Wildman–Crippen LogP) is 4.57. The Labute approximate surface area is 184 Å². The van der Waals surface area contributed by atoms with Crippen molar-refractivity contribution in [1.82, 2.24) is 10.6 Å². The summed E-state index contributed by atoms with van der Waals surface area (Å²) < 4.78 is 29.2. The minimum Gasteiger partial charge on any atom is -0.435 e. The summed E-state index contributed by atoms with van der Waals surface area (Å²) in [6.07, 6.45) is 3.05. The fraction of sp³-hybridized carbons (Fsp3) is 0.120. The number of halogens is 2. The van der Waals surface area contributed by atoms with Crippen molar-refractivity contribution in [2.24, 2.45) is 0 Å². The molecule has 0 spiro atoms. The van der Waals surface area contributed by atoms with E-state index in [2.05, 4.69) is 15.4 Å². The largest absolute Gasteiger partial charge is 0.435 e. The summed E-state index contributed by atoms with van der Waals surface area (Å²) in [4.78, 5) is 24.2. The quantitative estimate of drug-likeness (QED) is 0.509. The summed E-state index contributed by atoms with van der Waals surface area (Å²) in [7, 11) is 1.56. The van der Waals surface area contributed by atoms with Crippen LogP contribution in [0, 0.1) is 0 Å². The van der Waals surface area contributed by atoms with Crippen molar-refractivity contribution in [3.8, 4) is 5.75 Å². The van der Waals surface area contributed by atoms with Crippen LogP contribution in [0.3, 0.4) is 0 Å². The Morgan fingerprint density at radius 3 is 2.09 bits per heavy atom. The van der Waals surface area contributed by atoms with Gasteiger partial charge in [-0.2, -0.15) is 8.78 Å². The number of ether oxygens (including phenoxy) is 1. The van der Waals surface area contributed by atoms with Crippen molar-refractivity contribution >= 4 is 17.9 Å². The SMILES string of the molecule is CNC(=O)c1ccc(/C=C\C(=O)N[C@@H](c2ccccc2)c2ccc(OC(F)F)cc2)cc1. The van der Waals surface area contributed by atoms with Gasteiger partial charge in [-0.3, -0.25) is 9.59 Å². The van der Waals surface area contributed by atoms with Crippen LogP contribution in [0.15, 0.2) is 84.9 Å². The van der Waals surface area contributed by atoms with Crippen LogP contribution in [0.2, 0.25) is 0 Å². The summed E-state index contributed by atoms with van der Waals surface area (Å²) in [6, 6.07) is 21.8. The first-order chi connectivity index (χ1) is 15.5. The first-order valence-corrected chi connectivity index (χ1v) is 9.86. The molecule has 0 aliphatic carbocycles. The molecule has 3 rings (SSSR count). The molecule has 1 atom stereocenters. The van der Waals surface area contributed by atoms with Gasteiger partial charge in [0.2, 0.25) is 5.91 Å². The summed E-state index contributed by atoms with van der Waals surface area (Å²) >= 11 is 0. The highest BCUT2D eigenvalue weighted by Gasteiger charge is 2.16. The molecular weight excluding hydrogens is 414 g/mol. The number of alkyl halides is 2. The molecule has 5 nitrogen and oxygen atoms in total. The van der Waals surface area contributed by atoms with Crippen molar-refractivity contribution < 1.29 is 23.1 Å². The monoisotopic (exact) mass is 436 g/mol. The van der Waals surface area contributed by atoms with Crippen LogP contribution in [0.4, 0.5) is 8.78 Å². The van der Waals surface area contributed by atoms with Crippen molar-refractivity contribution in [2.75, 3.05) is 7.05 Å². The van der Waals surface area contributed by atoms with Gasteiger partial charge < -0.3 is 15.4 Å². The second kappa shape index (κ2) is 10.9. The number of hydrogen-bond donors (Lipinski definition) is 2. The van der Waals surface area contributed by atoms with Crippen molar-refractivity contribution in [3.05, 3.63) is 107 Å². The van der Waals surface area contributed by atoms with Gasteiger partial charge in [-0.05, 0) is 47.0 Å². The van der Waals surface area contributed by atoms with Crippen LogP contribution >= 0.6 is 0 Å². The smallest absolute Gasteiger partial charge is 0.387 e. The van der Waals surface area contributed by atoms with Gasteiger partial charge >= 0.3 is 6.61 Å². The maximum Gasteiger partial charge on any atom is 0.387 e. The number of rotatable bonds is 8. The van der Waals surface area contributed by atoms with E-state index in [1.165, 1.54) is 18.2 Å². The van der Waals surface area contributed by atoms with E-state index in [-0.39, 0.29) is 17.6 Å². The second-order valence-electron chi connectivity index (χ2n) is 6.83. The van der Waals surface area contributed by atoms with E-state index in [9.17, 15) is 18.4 Å². The zero-order valence-electron chi connectivity index (χ0n) is 17.3. The third-order valence-electron chi connectivity index (χ3n) is 4.69. The summed E-state index contributed by atoms with van der Waals surface area (Å²) in [6.45, 7) is -2.90. The van der Waals surface area contributed by atoms with E-state index in [1.54, 1.807) is 49.5 Å².